The smallest absolute Gasteiger partial charge is 0.00698 e. The van der Waals surface area contributed by atoms with Crippen molar-refractivity contribution >= 4 is 0 Å². The average molecular weight is 237 g/mol. The van der Waals surface area contributed by atoms with Gasteiger partial charge < -0.3 is 5.32 Å². The van der Waals surface area contributed by atoms with Gasteiger partial charge in [0.15, 0.2) is 0 Å². The molecule has 0 aromatic rings. The highest BCUT2D eigenvalue weighted by Gasteiger charge is 2.26. The van der Waals surface area contributed by atoms with Gasteiger partial charge in [0.1, 0.15) is 0 Å². The van der Waals surface area contributed by atoms with Crippen LogP contribution in [0.2, 0.25) is 0 Å². The monoisotopic (exact) mass is 237 g/mol. The molecule has 2 aliphatic rings. The van der Waals surface area contributed by atoms with E-state index in [4.69, 9.17) is 0 Å². The molecule has 2 fully saturated rings. The second kappa shape index (κ2) is 6.78. The van der Waals surface area contributed by atoms with Gasteiger partial charge in [0, 0.05) is 12.1 Å². The molecule has 2 aliphatic carbocycles. The average Bonchev–Trinajstić information content (AvgIpc) is 2.86. The highest BCUT2D eigenvalue weighted by Crippen LogP contribution is 2.31. The molecular formula is C16H31N. The van der Waals surface area contributed by atoms with E-state index in [-0.39, 0.29) is 0 Å². The maximum absolute atomic E-state index is 3.92. The minimum Gasteiger partial charge on any atom is -0.311 e. The van der Waals surface area contributed by atoms with E-state index in [1.165, 1.54) is 64.2 Å². The Hall–Kier alpha value is -0.0400. The third-order valence-electron chi connectivity index (χ3n) is 5.15. The topological polar surface area (TPSA) is 12.0 Å². The Balaban J connectivity index is 1.66. The maximum Gasteiger partial charge on any atom is 0.00698 e. The van der Waals surface area contributed by atoms with Gasteiger partial charge in [-0.05, 0) is 57.3 Å². The molecule has 0 bridgehead atoms. The lowest BCUT2D eigenvalue weighted by Crippen LogP contribution is -2.42. The molecule has 0 aromatic carbocycles. The second-order valence-corrected chi connectivity index (χ2v) is 6.51. The van der Waals surface area contributed by atoms with Gasteiger partial charge in [-0.3, -0.25) is 0 Å². The first-order valence-corrected chi connectivity index (χ1v) is 8.05. The summed E-state index contributed by atoms with van der Waals surface area (Å²) in [6.45, 7) is 4.75. The maximum atomic E-state index is 3.92. The van der Waals surface area contributed by atoms with E-state index >= 15 is 0 Å². The summed E-state index contributed by atoms with van der Waals surface area (Å²) in [5, 5.41) is 3.92. The van der Waals surface area contributed by atoms with E-state index in [0.29, 0.717) is 0 Å². The molecule has 0 saturated heterocycles. The zero-order valence-electron chi connectivity index (χ0n) is 11.9. The highest BCUT2D eigenvalue weighted by molar-refractivity contribution is 4.83. The first kappa shape index (κ1) is 13.4. The Bertz CT molecular complexity index is 200. The fourth-order valence-electron chi connectivity index (χ4n) is 3.99. The summed E-state index contributed by atoms with van der Waals surface area (Å²) in [6.07, 6.45) is 14.5. The molecule has 1 N–H and O–H groups in total. The second-order valence-electron chi connectivity index (χ2n) is 6.51. The van der Waals surface area contributed by atoms with Gasteiger partial charge in [0.25, 0.3) is 0 Å². The van der Waals surface area contributed by atoms with Gasteiger partial charge in [-0.2, -0.15) is 0 Å². The summed E-state index contributed by atoms with van der Waals surface area (Å²) >= 11 is 0. The van der Waals surface area contributed by atoms with Crippen LogP contribution in [0.4, 0.5) is 0 Å². The SMILES string of the molecule is CCCC1CCC(N[C@H](C)C2CCCC2)CC1. The Morgan fingerprint density at radius 1 is 1.00 bits per heavy atom. The third kappa shape index (κ3) is 3.98. The van der Waals surface area contributed by atoms with Crippen molar-refractivity contribution in [1.82, 2.24) is 5.32 Å². The first-order valence-electron chi connectivity index (χ1n) is 8.05. The molecule has 2 saturated carbocycles. The third-order valence-corrected chi connectivity index (χ3v) is 5.15. The van der Waals surface area contributed by atoms with Gasteiger partial charge in [0.2, 0.25) is 0 Å². The van der Waals surface area contributed by atoms with Crippen LogP contribution in [0.15, 0.2) is 0 Å². The molecule has 1 heteroatoms. The lowest BCUT2D eigenvalue weighted by atomic mass is 9.83. The lowest BCUT2D eigenvalue weighted by Gasteiger charge is -2.33. The van der Waals surface area contributed by atoms with Crippen molar-refractivity contribution in [3.8, 4) is 0 Å². The van der Waals surface area contributed by atoms with E-state index in [1.807, 2.05) is 0 Å². The van der Waals surface area contributed by atoms with Crippen LogP contribution in [0.25, 0.3) is 0 Å². The zero-order chi connectivity index (χ0) is 12.1. The summed E-state index contributed by atoms with van der Waals surface area (Å²) in [7, 11) is 0. The van der Waals surface area contributed by atoms with Crippen LogP contribution in [-0.2, 0) is 0 Å². The van der Waals surface area contributed by atoms with Crippen LogP contribution in [0, 0.1) is 11.8 Å². The Morgan fingerprint density at radius 2 is 1.65 bits per heavy atom. The normalized spacial score (nSPS) is 32.8. The molecule has 17 heavy (non-hydrogen) atoms. The molecule has 2 rings (SSSR count). The van der Waals surface area contributed by atoms with Gasteiger partial charge in [-0.15, -0.1) is 0 Å². The summed E-state index contributed by atoms with van der Waals surface area (Å²) < 4.78 is 0. The van der Waals surface area contributed by atoms with Gasteiger partial charge >= 0.3 is 0 Å². The standard InChI is InChI=1S/C16H31N/c1-3-6-14-9-11-16(12-10-14)17-13(2)15-7-4-5-8-15/h13-17H,3-12H2,1-2H3/t13-,14?,16?/m1/s1. The minimum absolute atomic E-state index is 0.769. The van der Waals surface area contributed by atoms with Crippen molar-refractivity contribution < 1.29 is 0 Å². The van der Waals surface area contributed by atoms with Crippen LogP contribution < -0.4 is 5.32 Å². The Kier molecular flexibility index (Phi) is 5.34. The van der Waals surface area contributed by atoms with Gasteiger partial charge in [-0.1, -0.05) is 32.6 Å². The van der Waals surface area contributed by atoms with E-state index in [2.05, 4.69) is 19.2 Å². The predicted molar refractivity (Wildman–Crippen MR) is 75.2 cm³/mol. The number of hydrogen-bond donors (Lipinski definition) is 1. The summed E-state index contributed by atoms with van der Waals surface area (Å²) in [5.74, 6) is 2.02. The summed E-state index contributed by atoms with van der Waals surface area (Å²) in [4.78, 5) is 0. The number of nitrogens with one attached hydrogen (secondary N) is 1. The number of hydrogen-bond acceptors (Lipinski definition) is 1. The van der Waals surface area contributed by atoms with Crippen LogP contribution in [0.1, 0.15) is 78.1 Å². The van der Waals surface area contributed by atoms with Crippen LogP contribution in [0.5, 0.6) is 0 Å². The van der Waals surface area contributed by atoms with Gasteiger partial charge in [-0.25, -0.2) is 0 Å². The predicted octanol–water partition coefficient (Wildman–Crippen LogP) is 4.51. The molecule has 0 spiro atoms. The van der Waals surface area contributed by atoms with Crippen LogP contribution in [-0.4, -0.2) is 12.1 Å². The minimum atomic E-state index is 0.769. The van der Waals surface area contributed by atoms with Gasteiger partial charge in [0.05, 0.1) is 0 Å². The van der Waals surface area contributed by atoms with E-state index in [1.54, 1.807) is 0 Å². The van der Waals surface area contributed by atoms with Crippen molar-refractivity contribution in [2.24, 2.45) is 11.8 Å². The lowest BCUT2D eigenvalue weighted by molar-refractivity contribution is 0.244. The molecular weight excluding hydrogens is 206 g/mol. The molecule has 1 atom stereocenters. The summed E-state index contributed by atoms with van der Waals surface area (Å²) in [5.41, 5.74) is 0. The van der Waals surface area contributed by atoms with E-state index in [9.17, 15) is 0 Å². The first-order chi connectivity index (χ1) is 8.29. The highest BCUT2D eigenvalue weighted by atomic mass is 15.0. The largest absolute Gasteiger partial charge is 0.311 e. The quantitative estimate of drug-likeness (QED) is 0.741. The van der Waals surface area contributed by atoms with Crippen molar-refractivity contribution in [2.45, 2.75) is 90.1 Å². The molecule has 100 valence electrons. The van der Waals surface area contributed by atoms with Crippen molar-refractivity contribution in [2.75, 3.05) is 0 Å². The number of rotatable bonds is 5. The Morgan fingerprint density at radius 3 is 2.24 bits per heavy atom. The molecule has 0 heterocycles. The van der Waals surface area contributed by atoms with Crippen LogP contribution in [0.3, 0.4) is 0 Å². The van der Waals surface area contributed by atoms with Crippen molar-refractivity contribution in [3.63, 3.8) is 0 Å². The molecule has 0 aliphatic heterocycles. The van der Waals surface area contributed by atoms with Crippen LogP contribution >= 0.6 is 0 Å². The zero-order valence-corrected chi connectivity index (χ0v) is 11.9. The fourth-order valence-corrected chi connectivity index (χ4v) is 3.99. The molecule has 0 unspecified atom stereocenters. The molecule has 0 radical (unpaired) electrons. The molecule has 1 nitrogen and oxygen atoms in total. The van der Waals surface area contributed by atoms with Crippen molar-refractivity contribution in [1.29, 1.82) is 0 Å². The van der Waals surface area contributed by atoms with E-state index in [0.717, 1.165) is 23.9 Å². The molecule has 0 aromatic heterocycles. The fraction of sp³-hybridized carbons (Fsp3) is 1.00. The summed E-state index contributed by atoms with van der Waals surface area (Å²) in [6, 6.07) is 1.60. The molecule has 0 amide bonds. The van der Waals surface area contributed by atoms with Crippen molar-refractivity contribution in [3.05, 3.63) is 0 Å². The van der Waals surface area contributed by atoms with E-state index < -0.39 is 0 Å². The Labute approximate surface area is 108 Å².